The maximum absolute atomic E-state index is 11.5. The van der Waals surface area contributed by atoms with Crippen LogP contribution in [-0.2, 0) is 4.79 Å². The maximum Gasteiger partial charge on any atom is 0.220 e. The average molecular weight is 210 g/mol. The summed E-state index contributed by atoms with van der Waals surface area (Å²) in [5.41, 5.74) is 0.392. The predicted molar refractivity (Wildman–Crippen MR) is 60.6 cm³/mol. The summed E-state index contributed by atoms with van der Waals surface area (Å²) < 4.78 is 0. The van der Waals surface area contributed by atoms with Gasteiger partial charge in [-0.15, -0.1) is 0 Å². The SMILES string of the molecule is CCCC(=O)NC[C@]12CCC[C@H]1NCC2. The Labute approximate surface area is 92.0 Å². The molecular weight excluding hydrogens is 188 g/mol. The second-order valence-electron chi connectivity index (χ2n) is 5.04. The molecule has 1 heterocycles. The zero-order valence-corrected chi connectivity index (χ0v) is 9.64. The van der Waals surface area contributed by atoms with Crippen LogP contribution in [0.3, 0.4) is 0 Å². The molecule has 0 unspecified atom stereocenters. The summed E-state index contributed by atoms with van der Waals surface area (Å²) in [6.07, 6.45) is 6.76. The molecule has 0 aromatic rings. The lowest BCUT2D eigenvalue weighted by molar-refractivity contribution is -0.121. The molecule has 3 nitrogen and oxygen atoms in total. The second-order valence-corrected chi connectivity index (χ2v) is 5.04. The molecule has 2 aliphatic rings. The van der Waals surface area contributed by atoms with E-state index in [2.05, 4.69) is 10.6 Å². The minimum atomic E-state index is 0.226. The van der Waals surface area contributed by atoms with Crippen LogP contribution in [0.15, 0.2) is 0 Å². The zero-order valence-electron chi connectivity index (χ0n) is 9.64. The molecule has 2 fully saturated rings. The summed E-state index contributed by atoms with van der Waals surface area (Å²) in [6, 6.07) is 0.666. The Hall–Kier alpha value is -0.570. The van der Waals surface area contributed by atoms with Crippen molar-refractivity contribution in [2.45, 2.75) is 51.5 Å². The summed E-state index contributed by atoms with van der Waals surface area (Å²) in [7, 11) is 0. The Morgan fingerprint density at radius 1 is 1.53 bits per heavy atom. The lowest BCUT2D eigenvalue weighted by Gasteiger charge is -2.28. The highest BCUT2D eigenvalue weighted by Crippen LogP contribution is 2.43. The molecule has 3 heteroatoms. The fourth-order valence-corrected chi connectivity index (χ4v) is 3.14. The van der Waals surface area contributed by atoms with Gasteiger partial charge in [-0.3, -0.25) is 4.79 Å². The molecule has 1 amide bonds. The molecule has 0 aromatic carbocycles. The number of carbonyl (C=O) groups excluding carboxylic acids is 1. The van der Waals surface area contributed by atoms with Crippen molar-refractivity contribution in [2.24, 2.45) is 5.41 Å². The molecule has 1 aliphatic heterocycles. The molecule has 2 rings (SSSR count). The molecule has 1 aliphatic carbocycles. The molecule has 1 saturated carbocycles. The quantitative estimate of drug-likeness (QED) is 0.737. The number of rotatable bonds is 4. The number of fused-ring (bicyclic) bond motifs is 1. The number of nitrogens with one attached hydrogen (secondary N) is 2. The standard InChI is InChI=1S/C12H22N2O/c1-2-4-11(15)14-9-12-6-3-5-10(12)13-8-7-12/h10,13H,2-9H2,1H3,(H,14,15)/t10-,12-/m1/s1. The molecule has 86 valence electrons. The van der Waals surface area contributed by atoms with Crippen molar-refractivity contribution in [1.29, 1.82) is 0 Å². The summed E-state index contributed by atoms with van der Waals surface area (Å²) in [6.45, 7) is 4.07. The van der Waals surface area contributed by atoms with Crippen molar-refractivity contribution in [1.82, 2.24) is 10.6 Å². The van der Waals surface area contributed by atoms with Gasteiger partial charge in [0.05, 0.1) is 0 Å². The number of amides is 1. The topological polar surface area (TPSA) is 41.1 Å². The Morgan fingerprint density at radius 2 is 2.40 bits per heavy atom. The van der Waals surface area contributed by atoms with Crippen molar-refractivity contribution in [2.75, 3.05) is 13.1 Å². The van der Waals surface area contributed by atoms with Crippen LogP contribution in [-0.4, -0.2) is 25.0 Å². The van der Waals surface area contributed by atoms with Crippen molar-refractivity contribution in [3.8, 4) is 0 Å². The van der Waals surface area contributed by atoms with Gasteiger partial charge in [0, 0.05) is 24.4 Å². The lowest BCUT2D eigenvalue weighted by Crippen LogP contribution is -2.42. The van der Waals surface area contributed by atoms with E-state index in [0.717, 1.165) is 19.5 Å². The first-order valence-electron chi connectivity index (χ1n) is 6.27. The minimum Gasteiger partial charge on any atom is -0.355 e. The van der Waals surface area contributed by atoms with Gasteiger partial charge in [-0.2, -0.15) is 0 Å². The van der Waals surface area contributed by atoms with Gasteiger partial charge >= 0.3 is 0 Å². The Morgan fingerprint density at radius 3 is 3.20 bits per heavy atom. The highest BCUT2D eigenvalue weighted by Gasteiger charge is 2.45. The van der Waals surface area contributed by atoms with Crippen molar-refractivity contribution in [3.63, 3.8) is 0 Å². The van der Waals surface area contributed by atoms with E-state index in [9.17, 15) is 4.79 Å². The highest BCUT2D eigenvalue weighted by atomic mass is 16.1. The zero-order chi connectivity index (χ0) is 10.7. The van der Waals surface area contributed by atoms with Gasteiger partial charge in [-0.1, -0.05) is 13.3 Å². The first-order valence-corrected chi connectivity index (χ1v) is 6.27. The van der Waals surface area contributed by atoms with E-state index in [0.29, 0.717) is 17.9 Å². The fourth-order valence-electron chi connectivity index (χ4n) is 3.14. The van der Waals surface area contributed by atoms with Gasteiger partial charge in [-0.25, -0.2) is 0 Å². The van der Waals surface area contributed by atoms with Crippen molar-refractivity contribution >= 4 is 5.91 Å². The van der Waals surface area contributed by atoms with E-state index in [1.165, 1.54) is 25.7 Å². The first-order chi connectivity index (χ1) is 7.27. The van der Waals surface area contributed by atoms with Crippen LogP contribution in [0.1, 0.15) is 45.4 Å². The van der Waals surface area contributed by atoms with Crippen LogP contribution in [0.25, 0.3) is 0 Å². The van der Waals surface area contributed by atoms with Crippen LogP contribution in [0, 0.1) is 5.41 Å². The third-order valence-corrected chi connectivity index (χ3v) is 4.03. The number of carbonyl (C=O) groups is 1. The van der Waals surface area contributed by atoms with Crippen molar-refractivity contribution in [3.05, 3.63) is 0 Å². The summed E-state index contributed by atoms with van der Waals surface area (Å²) >= 11 is 0. The Balaban J connectivity index is 1.85. The smallest absolute Gasteiger partial charge is 0.220 e. The fraction of sp³-hybridized carbons (Fsp3) is 0.917. The molecule has 2 atom stereocenters. The Kier molecular flexibility index (Phi) is 3.29. The maximum atomic E-state index is 11.5. The van der Waals surface area contributed by atoms with E-state index in [1.807, 2.05) is 6.92 Å². The average Bonchev–Trinajstić information content (AvgIpc) is 2.73. The largest absolute Gasteiger partial charge is 0.355 e. The minimum absolute atomic E-state index is 0.226. The van der Waals surface area contributed by atoms with Crippen LogP contribution in [0.2, 0.25) is 0 Å². The van der Waals surface area contributed by atoms with Gasteiger partial charge < -0.3 is 10.6 Å². The monoisotopic (exact) mass is 210 g/mol. The van der Waals surface area contributed by atoms with E-state index >= 15 is 0 Å². The number of hydrogen-bond donors (Lipinski definition) is 2. The number of hydrogen-bond acceptors (Lipinski definition) is 2. The molecule has 0 radical (unpaired) electrons. The molecule has 15 heavy (non-hydrogen) atoms. The summed E-state index contributed by atoms with van der Waals surface area (Å²) in [5.74, 6) is 0.226. The van der Waals surface area contributed by atoms with Gasteiger partial charge in [0.15, 0.2) is 0 Å². The predicted octanol–water partition coefficient (Wildman–Crippen LogP) is 1.43. The lowest BCUT2D eigenvalue weighted by atomic mass is 9.82. The molecule has 2 N–H and O–H groups in total. The van der Waals surface area contributed by atoms with Crippen molar-refractivity contribution < 1.29 is 4.79 Å². The molecule has 0 spiro atoms. The van der Waals surface area contributed by atoms with Crippen LogP contribution in [0.4, 0.5) is 0 Å². The Bertz CT molecular complexity index is 230. The van der Waals surface area contributed by atoms with Crippen LogP contribution < -0.4 is 10.6 Å². The summed E-state index contributed by atoms with van der Waals surface area (Å²) in [4.78, 5) is 11.5. The molecular formula is C12H22N2O. The first kappa shape index (κ1) is 10.9. The summed E-state index contributed by atoms with van der Waals surface area (Å²) in [5, 5.41) is 6.67. The molecule has 1 saturated heterocycles. The highest BCUT2D eigenvalue weighted by molar-refractivity contribution is 5.75. The molecule has 0 aromatic heterocycles. The van der Waals surface area contributed by atoms with Crippen LogP contribution in [0.5, 0.6) is 0 Å². The van der Waals surface area contributed by atoms with Gasteiger partial charge in [0.1, 0.15) is 0 Å². The second kappa shape index (κ2) is 4.52. The van der Waals surface area contributed by atoms with E-state index in [-0.39, 0.29) is 5.91 Å². The van der Waals surface area contributed by atoms with Gasteiger partial charge in [-0.05, 0) is 32.2 Å². The van der Waals surface area contributed by atoms with Gasteiger partial charge in [0.2, 0.25) is 5.91 Å². The van der Waals surface area contributed by atoms with Crippen LogP contribution >= 0.6 is 0 Å². The molecule has 0 bridgehead atoms. The van der Waals surface area contributed by atoms with E-state index in [4.69, 9.17) is 0 Å². The van der Waals surface area contributed by atoms with E-state index in [1.54, 1.807) is 0 Å². The van der Waals surface area contributed by atoms with E-state index < -0.39 is 0 Å². The third-order valence-electron chi connectivity index (χ3n) is 4.03. The van der Waals surface area contributed by atoms with Gasteiger partial charge in [0.25, 0.3) is 0 Å². The normalized spacial score (nSPS) is 34.1. The third kappa shape index (κ3) is 2.17.